The highest BCUT2D eigenvalue weighted by Crippen LogP contribution is 2.29. The molecule has 1 aromatic carbocycles. The van der Waals surface area contributed by atoms with Crippen LogP contribution in [0.3, 0.4) is 0 Å². The van der Waals surface area contributed by atoms with E-state index in [-0.39, 0.29) is 17.2 Å². The average Bonchev–Trinajstić information content (AvgIpc) is 2.66. The van der Waals surface area contributed by atoms with Crippen LogP contribution in [0.5, 0.6) is 0 Å². The number of carbonyl (C=O) groups is 1. The molecule has 0 N–H and O–H groups in total. The van der Waals surface area contributed by atoms with Gasteiger partial charge in [-0.25, -0.2) is 0 Å². The van der Waals surface area contributed by atoms with Crippen LogP contribution < -0.4 is 0 Å². The maximum absolute atomic E-state index is 12.5. The fourth-order valence-electron chi connectivity index (χ4n) is 1.38. The van der Waals surface area contributed by atoms with Crippen molar-refractivity contribution in [1.29, 1.82) is 0 Å². The average molecular weight is 304 g/mol. The summed E-state index contributed by atoms with van der Waals surface area (Å²) in [5, 5.41) is 4.82. The lowest BCUT2D eigenvalue weighted by molar-refractivity contribution is -0.137. The Hall–Kier alpha value is -1.41. The van der Waals surface area contributed by atoms with Crippen molar-refractivity contribution in [2.24, 2.45) is 5.10 Å². The topological polar surface area (TPSA) is 32.7 Å². The molecule has 1 saturated heterocycles. The Morgan fingerprint density at radius 3 is 2.74 bits per heavy atom. The molecule has 1 aliphatic rings. The number of benzene rings is 1. The minimum Gasteiger partial charge on any atom is -0.272 e. The molecule has 0 spiro atoms. The van der Waals surface area contributed by atoms with Gasteiger partial charge in [0.05, 0.1) is 17.5 Å². The Morgan fingerprint density at radius 1 is 1.42 bits per heavy atom. The zero-order valence-corrected chi connectivity index (χ0v) is 11.0. The second-order valence-corrected chi connectivity index (χ2v) is 5.24. The van der Waals surface area contributed by atoms with E-state index in [1.165, 1.54) is 30.1 Å². The van der Waals surface area contributed by atoms with E-state index in [1.807, 2.05) is 0 Å². The van der Waals surface area contributed by atoms with E-state index >= 15 is 0 Å². The van der Waals surface area contributed by atoms with Crippen LogP contribution in [0, 0.1) is 0 Å². The molecule has 0 aliphatic carbocycles. The number of hydrogen-bond donors (Lipinski definition) is 0. The minimum absolute atomic E-state index is 0.207. The number of halogens is 3. The molecular formula is C11H7F3N2OS2. The Bertz CT molecular complexity index is 541. The second kappa shape index (κ2) is 5.30. The summed E-state index contributed by atoms with van der Waals surface area (Å²) in [4.78, 5) is 11.4. The number of thioether (sulfide) groups is 1. The third-order valence-electron chi connectivity index (χ3n) is 2.26. The quantitative estimate of drug-likeness (QED) is 0.622. The molecule has 0 aromatic heterocycles. The fourth-order valence-corrected chi connectivity index (χ4v) is 2.35. The van der Waals surface area contributed by atoms with Crippen LogP contribution in [0.4, 0.5) is 13.2 Å². The molecule has 8 heteroatoms. The third kappa shape index (κ3) is 3.32. The number of nitrogens with zero attached hydrogens (tertiary/aromatic N) is 2. The summed E-state index contributed by atoms with van der Waals surface area (Å²) in [6.45, 7) is 0. The number of hydrogen-bond acceptors (Lipinski definition) is 4. The molecule has 100 valence electrons. The molecule has 1 aliphatic heterocycles. The van der Waals surface area contributed by atoms with Gasteiger partial charge in [0, 0.05) is 0 Å². The van der Waals surface area contributed by atoms with Gasteiger partial charge in [0.1, 0.15) is 0 Å². The lowest BCUT2D eigenvalue weighted by Gasteiger charge is -2.08. The summed E-state index contributed by atoms with van der Waals surface area (Å²) in [6, 6.07) is 4.68. The highest BCUT2D eigenvalue weighted by Gasteiger charge is 2.30. The van der Waals surface area contributed by atoms with Crippen molar-refractivity contribution < 1.29 is 18.0 Å². The first-order valence-corrected chi connectivity index (χ1v) is 6.48. The zero-order chi connectivity index (χ0) is 14.0. The number of rotatable bonds is 2. The lowest BCUT2D eigenvalue weighted by atomic mass is 10.1. The van der Waals surface area contributed by atoms with E-state index < -0.39 is 11.7 Å². The summed E-state index contributed by atoms with van der Waals surface area (Å²) in [6.07, 6.45) is -3.22. The van der Waals surface area contributed by atoms with Crippen LogP contribution in [0.1, 0.15) is 11.1 Å². The van der Waals surface area contributed by atoms with Gasteiger partial charge in [-0.15, -0.1) is 0 Å². The highest BCUT2D eigenvalue weighted by molar-refractivity contribution is 8.23. The van der Waals surface area contributed by atoms with Crippen LogP contribution in [0.25, 0.3) is 0 Å². The SMILES string of the molecule is O=C1CSC(=S)N1/N=C/c1cccc(C(F)(F)F)c1. The van der Waals surface area contributed by atoms with E-state index in [1.54, 1.807) is 0 Å². The fraction of sp³-hybridized carbons (Fsp3) is 0.182. The Balaban J connectivity index is 2.20. The lowest BCUT2D eigenvalue weighted by Crippen LogP contribution is -2.22. The summed E-state index contributed by atoms with van der Waals surface area (Å²) in [5.41, 5.74) is -0.511. The van der Waals surface area contributed by atoms with Crippen LogP contribution in [0.15, 0.2) is 29.4 Å². The monoisotopic (exact) mass is 304 g/mol. The molecule has 1 fully saturated rings. The molecule has 0 bridgehead atoms. The first-order valence-electron chi connectivity index (χ1n) is 5.09. The van der Waals surface area contributed by atoms with Crippen molar-refractivity contribution in [1.82, 2.24) is 5.01 Å². The molecule has 1 heterocycles. The summed E-state index contributed by atoms with van der Waals surface area (Å²) >= 11 is 6.06. The van der Waals surface area contributed by atoms with Gasteiger partial charge >= 0.3 is 6.18 Å². The van der Waals surface area contributed by atoms with Gasteiger partial charge in [0.15, 0.2) is 4.32 Å². The van der Waals surface area contributed by atoms with E-state index in [2.05, 4.69) is 5.10 Å². The van der Waals surface area contributed by atoms with Gasteiger partial charge < -0.3 is 0 Å². The first kappa shape index (κ1) is 14.0. The van der Waals surface area contributed by atoms with Crippen LogP contribution in [-0.2, 0) is 11.0 Å². The van der Waals surface area contributed by atoms with Crippen LogP contribution >= 0.6 is 24.0 Å². The van der Waals surface area contributed by atoms with Crippen molar-refractivity contribution in [3.8, 4) is 0 Å². The normalized spacial score (nSPS) is 16.7. The van der Waals surface area contributed by atoms with Gasteiger partial charge in [0.2, 0.25) is 0 Å². The molecule has 1 amide bonds. The van der Waals surface area contributed by atoms with Crippen molar-refractivity contribution in [3.05, 3.63) is 35.4 Å². The number of carbonyl (C=O) groups excluding carboxylic acids is 1. The van der Waals surface area contributed by atoms with Crippen LogP contribution in [0.2, 0.25) is 0 Å². The molecule has 1 aromatic rings. The van der Waals surface area contributed by atoms with Crippen molar-refractivity contribution in [2.45, 2.75) is 6.18 Å². The third-order valence-corrected chi connectivity index (χ3v) is 3.60. The van der Waals surface area contributed by atoms with E-state index in [0.29, 0.717) is 4.32 Å². The summed E-state index contributed by atoms with van der Waals surface area (Å²) in [7, 11) is 0. The maximum atomic E-state index is 12.5. The Kier molecular flexibility index (Phi) is 3.91. The van der Waals surface area contributed by atoms with Crippen molar-refractivity contribution in [3.63, 3.8) is 0 Å². The van der Waals surface area contributed by atoms with Gasteiger partial charge in [-0.05, 0) is 17.7 Å². The summed E-state index contributed by atoms with van der Waals surface area (Å²) in [5.74, 6) is -0.0723. The second-order valence-electron chi connectivity index (χ2n) is 3.63. The predicted molar refractivity (Wildman–Crippen MR) is 70.9 cm³/mol. The zero-order valence-electron chi connectivity index (χ0n) is 9.35. The van der Waals surface area contributed by atoms with Gasteiger partial charge in [-0.3, -0.25) is 4.79 Å². The first-order chi connectivity index (χ1) is 8.88. The van der Waals surface area contributed by atoms with Crippen LogP contribution in [-0.4, -0.2) is 27.2 Å². The van der Waals surface area contributed by atoms with Gasteiger partial charge in [-0.1, -0.05) is 36.1 Å². The highest BCUT2D eigenvalue weighted by atomic mass is 32.2. The number of alkyl halides is 3. The molecule has 0 unspecified atom stereocenters. The molecule has 19 heavy (non-hydrogen) atoms. The molecular weight excluding hydrogens is 297 g/mol. The number of amides is 1. The number of hydrazone groups is 1. The molecule has 0 saturated carbocycles. The summed E-state index contributed by atoms with van der Waals surface area (Å²) < 4.78 is 37.8. The van der Waals surface area contributed by atoms with Gasteiger partial charge in [0.25, 0.3) is 5.91 Å². The molecule has 2 rings (SSSR count). The Labute approximate surface area is 116 Å². The van der Waals surface area contributed by atoms with E-state index in [4.69, 9.17) is 12.2 Å². The van der Waals surface area contributed by atoms with E-state index in [0.717, 1.165) is 17.1 Å². The molecule has 3 nitrogen and oxygen atoms in total. The standard InChI is InChI=1S/C11H7F3N2OS2/c12-11(13,14)8-3-1-2-7(4-8)5-15-16-9(17)6-19-10(16)18/h1-5H,6H2/b15-5+. The molecule has 0 atom stereocenters. The minimum atomic E-state index is -4.40. The van der Waals surface area contributed by atoms with Crippen molar-refractivity contribution in [2.75, 3.05) is 5.75 Å². The predicted octanol–water partition coefficient (Wildman–Crippen LogP) is 2.90. The maximum Gasteiger partial charge on any atom is 0.416 e. The molecule has 0 radical (unpaired) electrons. The largest absolute Gasteiger partial charge is 0.416 e. The number of thiocarbonyl (C=S) groups is 1. The van der Waals surface area contributed by atoms with Gasteiger partial charge in [-0.2, -0.15) is 23.3 Å². The van der Waals surface area contributed by atoms with Crippen molar-refractivity contribution >= 4 is 40.4 Å². The Morgan fingerprint density at radius 2 is 2.16 bits per heavy atom. The van der Waals surface area contributed by atoms with E-state index in [9.17, 15) is 18.0 Å². The smallest absolute Gasteiger partial charge is 0.272 e.